The molecule has 2 amide bonds. The Kier molecular flexibility index (Phi) is 8.69. The lowest BCUT2D eigenvalue weighted by Gasteiger charge is -2.42. The molecule has 5 fully saturated rings. The van der Waals surface area contributed by atoms with Gasteiger partial charge in [-0.3, -0.25) is 14.5 Å². The van der Waals surface area contributed by atoms with Crippen LogP contribution in [0, 0.1) is 11.3 Å². The van der Waals surface area contributed by atoms with Gasteiger partial charge in [0.15, 0.2) is 5.82 Å². The van der Waals surface area contributed by atoms with E-state index in [1.807, 2.05) is 19.2 Å². The molecule has 0 bridgehead atoms. The summed E-state index contributed by atoms with van der Waals surface area (Å²) in [6.45, 7) is 6.79. The summed E-state index contributed by atoms with van der Waals surface area (Å²) >= 11 is 0. The van der Waals surface area contributed by atoms with Crippen LogP contribution < -0.4 is 25.2 Å². The van der Waals surface area contributed by atoms with Crippen molar-refractivity contribution in [2.75, 3.05) is 68.5 Å². The van der Waals surface area contributed by atoms with E-state index in [-0.39, 0.29) is 23.3 Å². The molecule has 11 heteroatoms. The second-order valence-electron chi connectivity index (χ2n) is 15.4. The lowest BCUT2D eigenvalue weighted by Crippen LogP contribution is -2.52. The molecule has 2 aromatic rings. The van der Waals surface area contributed by atoms with Crippen molar-refractivity contribution in [3.63, 3.8) is 0 Å². The summed E-state index contributed by atoms with van der Waals surface area (Å²) in [6, 6.07) is 6.73. The summed E-state index contributed by atoms with van der Waals surface area (Å²) in [6.07, 6.45) is 15.5. The third-order valence-electron chi connectivity index (χ3n) is 12.1. The molecular formula is C37H52N8O3. The number of ether oxygens (including phenoxy) is 1. The topological polar surface area (TPSA) is 106 Å². The SMILES string of the molecule is COc1cc(C(=O)N[C@H]2CC[C@H](N3CCN(CC4CC4)CC3)CC2)ccc1Nc1ncc2c(n1)N(C1CCCC1)CC1(CC1)C(=O)N2C. The van der Waals surface area contributed by atoms with Gasteiger partial charge in [0.2, 0.25) is 11.9 Å². The van der Waals surface area contributed by atoms with Gasteiger partial charge in [-0.1, -0.05) is 12.8 Å². The molecule has 3 heterocycles. The number of aromatic nitrogens is 2. The number of piperazine rings is 1. The molecule has 0 radical (unpaired) electrons. The largest absolute Gasteiger partial charge is 0.495 e. The van der Waals surface area contributed by atoms with Gasteiger partial charge in [-0.2, -0.15) is 4.98 Å². The van der Waals surface area contributed by atoms with Gasteiger partial charge in [0.1, 0.15) is 11.4 Å². The van der Waals surface area contributed by atoms with Gasteiger partial charge in [0.05, 0.1) is 24.4 Å². The minimum atomic E-state index is -0.296. The van der Waals surface area contributed by atoms with Gasteiger partial charge >= 0.3 is 0 Å². The second kappa shape index (κ2) is 13.1. The van der Waals surface area contributed by atoms with E-state index in [4.69, 9.17) is 9.72 Å². The van der Waals surface area contributed by atoms with E-state index >= 15 is 0 Å². The Bertz CT molecular complexity index is 1500. The van der Waals surface area contributed by atoms with Crippen molar-refractivity contribution < 1.29 is 14.3 Å². The van der Waals surface area contributed by atoms with Crippen molar-refractivity contribution in [2.45, 2.75) is 95.2 Å². The number of hydrogen-bond acceptors (Lipinski definition) is 9. The Hall–Kier alpha value is -3.44. The average molecular weight is 657 g/mol. The fourth-order valence-corrected chi connectivity index (χ4v) is 8.74. The van der Waals surface area contributed by atoms with Crippen LogP contribution in [0.25, 0.3) is 0 Å². The number of methoxy groups -OCH3 is 1. The summed E-state index contributed by atoms with van der Waals surface area (Å²) in [5.74, 6) is 2.90. The summed E-state index contributed by atoms with van der Waals surface area (Å²) < 4.78 is 5.74. The van der Waals surface area contributed by atoms with E-state index in [1.165, 1.54) is 58.4 Å². The third-order valence-corrected chi connectivity index (χ3v) is 12.1. The third kappa shape index (κ3) is 6.47. The van der Waals surface area contributed by atoms with Crippen molar-refractivity contribution in [3.05, 3.63) is 30.0 Å². The molecule has 2 aliphatic heterocycles. The maximum atomic E-state index is 13.4. The first-order valence-electron chi connectivity index (χ1n) is 18.5. The molecule has 11 nitrogen and oxygen atoms in total. The number of amides is 2. The lowest BCUT2D eigenvalue weighted by atomic mass is 9.89. The Labute approximate surface area is 284 Å². The van der Waals surface area contributed by atoms with Crippen LogP contribution >= 0.6 is 0 Å². The molecule has 0 unspecified atom stereocenters. The number of carbonyl (C=O) groups excluding carboxylic acids is 2. The summed E-state index contributed by atoms with van der Waals surface area (Å²) in [5, 5.41) is 6.65. The fraction of sp³-hybridized carbons (Fsp3) is 0.676. The van der Waals surface area contributed by atoms with Crippen molar-refractivity contribution in [3.8, 4) is 5.75 Å². The predicted octanol–water partition coefficient (Wildman–Crippen LogP) is 4.80. The molecule has 1 spiro atoms. The van der Waals surface area contributed by atoms with Crippen LogP contribution in [0.4, 0.5) is 23.1 Å². The highest BCUT2D eigenvalue weighted by Crippen LogP contribution is 2.52. The monoisotopic (exact) mass is 656 g/mol. The Morgan fingerprint density at radius 1 is 0.979 bits per heavy atom. The number of anilines is 4. The van der Waals surface area contributed by atoms with E-state index < -0.39 is 0 Å². The highest BCUT2D eigenvalue weighted by atomic mass is 16.5. The van der Waals surface area contributed by atoms with Crippen LogP contribution in [0.2, 0.25) is 0 Å². The van der Waals surface area contributed by atoms with E-state index in [2.05, 4.69) is 30.3 Å². The minimum Gasteiger partial charge on any atom is -0.495 e. The Morgan fingerprint density at radius 2 is 1.73 bits per heavy atom. The average Bonchev–Trinajstić information content (AvgIpc) is 4.05. The molecule has 48 heavy (non-hydrogen) atoms. The maximum Gasteiger partial charge on any atom is 0.251 e. The van der Waals surface area contributed by atoms with Crippen molar-refractivity contribution >= 4 is 35.0 Å². The molecule has 4 saturated carbocycles. The first-order valence-corrected chi connectivity index (χ1v) is 18.5. The van der Waals surface area contributed by atoms with Crippen LogP contribution in [0.3, 0.4) is 0 Å². The smallest absolute Gasteiger partial charge is 0.251 e. The summed E-state index contributed by atoms with van der Waals surface area (Å²) in [4.78, 5) is 45.9. The zero-order valence-electron chi connectivity index (χ0n) is 28.8. The predicted molar refractivity (Wildman–Crippen MR) is 187 cm³/mol. The summed E-state index contributed by atoms with van der Waals surface area (Å²) in [5.41, 5.74) is 1.74. The van der Waals surface area contributed by atoms with Gasteiger partial charge in [-0.15, -0.1) is 0 Å². The van der Waals surface area contributed by atoms with Crippen molar-refractivity contribution in [2.24, 2.45) is 11.3 Å². The number of fused-ring (bicyclic) bond motifs is 1. The molecule has 4 aliphatic carbocycles. The van der Waals surface area contributed by atoms with E-state index in [1.54, 1.807) is 24.3 Å². The maximum absolute atomic E-state index is 13.4. The van der Waals surface area contributed by atoms with Gasteiger partial charge in [0.25, 0.3) is 5.91 Å². The number of rotatable bonds is 9. The zero-order chi connectivity index (χ0) is 32.8. The molecule has 6 aliphatic rings. The van der Waals surface area contributed by atoms with Crippen LogP contribution in [0.1, 0.15) is 87.4 Å². The molecule has 0 atom stereocenters. The molecular weight excluding hydrogens is 604 g/mol. The van der Waals surface area contributed by atoms with Gasteiger partial charge in [-0.05, 0) is 88.3 Å². The summed E-state index contributed by atoms with van der Waals surface area (Å²) in [7, 11) is 3.47. The molecule has 2 N–H and O–H groups in total. The minimum absolute atomic E-state index is 0.0628. The van der Waals surface area contributed by atoms with Crippen LogP contribution in [-0.2, 0) is 4.79 Å². The van der Waals surface area contributed by atoms with Gasteiger partial charge in [0, 0.05) is 70.0 Å². The van der Waals surface area contributed by atoms with Gasteiger partial charge in [-0.25, -0.2) is 4.98 Å². The molecule has 1 aromatic heterocycles. The van der Waals surface area contributed by atoms with Crippen LogP contribution in [-0.4, -0.2) is 103 Å². The highest BCUT2D eigenvalue weighted by Gasteiger charge is 2.55. The fourth-order valence-electron chi connectivity index (χ4n) is 8.74. The second-order valence-corrected chi connectivity index (χ2v) is 15.4. The van der Waals surface area contributed by atoms with E-state index in [0.717, 1.165) is 75.3 Å². The van der Waals surface area contributed by atoms with Crippen LogP contribution in [0.5, 0.6) is 5.75 Å². The molecule has 8 rings (SSSR count). The number of carbonyl (C=O) groups is 2. The Morgan fingerprint density at radius 3 is 2.42 bits per heavy atom. The lowest BCUT2D eigenvalue weighted by molar-refractivity contribution is -0.122. The van der Waals surface area contributed by atoms with E-state index in [0.29, 0.717) is 35.0 Å². The van der Waals surface area contributed by atoms with Crippen molar-refractivity contribution in [1.82, 2.24) is 25.1 Å². The van der Waals surface area contributed by atoms with Crippen LogP contribution in [0.15, 0.2) is 24.4 Å². The number of benzene rings is 1. The Balaban J connectivity index is 0.902. The first kappa shape index (κ1) is 31.8. The normalized spacial score (nSPS) is 26.3. The zero-order valence-corrected chi connectivity index (χ0v) is 28.8. The standard InChI is InChI=1S/C37H52N8O3/c1-42-31-22-38-36(41-33(31)45(29-5-3-4-6-29)24-37(15-16-37)35(42)47)40-30-14-9-26(21-32(30)48-2)34(46)39-27-10-12-28(13-11-27)44-19-17-43(18-20-44)23-25-7-8-25/h9,14,21-22,25,27-29H,3-8,10-13,15-20,23-24H2,1-2H3,(H,39,46)(H,38,40,41)/t27-,28-. The number of nitrogens with zero attached hydrogens (tertiary/aromatic N) is 6. The quantitative estimate of drug-likeness (QED) is 0.394. The van der Waals surface area contributed by atoms with Gasteiger partial charge < -0.3 is 30.1 Å². The van der Waals surface area contributed by atoms with E-state index in [9.17, 15) is 9.59 Å². The first-order chi connectivity index (χ1) is 23.4. The van der Waals surface area contributed by atoms with Crippen molar-refractivity contribution in [1.29, 1.82) is 0 Å². The number of hydrogen-bond donors (Lipinski definition) is 2. The highest BCUT2D eigenvalue weighted by molar-refractivity contribution is 6.03. The molecule has 1 saturated heterocycles. The molecule has 1 aromatic carbocycles. The number of nitrogens with one attached hydrogen (secondary N) is 2. The molecule has 258 valence electrons.